The van der Waals surface area contributed by atoms with Gasteiger partial charge in [0, 0.05) is 18.0 Å². The average molecular weight is 405 g/mol. The minimum atomic E-state index is -0.276. The van der Waals surface area contributed by atoms with Gasteiger partial charge in [0.15, 0.2) is 0 Å². The van der Waals surface area contributed by atoms with E-state index in [9.17, 15) is 9.59 Å². The Bertz CT molecular complexity index is 667. The van der Waals surface area contributed by atoms with Gasteiger partial charge in [-0.05, 0) is 102 Å². The van der Waals surface area contributed by atoms with Crippen molar-refractivity contribution in [3.63, 3.8) is 0 Å². The van der Waals surface area contributed by atoms with Gasteiger partial charge in [-0.15, -0.1) is 0 Å². The fourth-order valence-electron chi connectivity index (χ4n) is 8.26. The van der Waals surface area contributed by atoms with Gasteiger partial charge in [-0.25, -0.2) is 4.79 Å². The van der Waals surface area contributed by atoms with E-state index in [4.69, 9.17) is 4.74 Å². The maximum atomic E-state index is 12.4. The minimum absolute atomic E-state index is 0.0909. The van der Waals surface area contributed by atoms with Crippen LogP contribution in [-0.2, 0) is 9.53 Å². The van der Waals surface area contributed by atoms with E-state index in [1.165, 1.54) is 32.1 Å². The van der Waals surface area contributed by atoms with Crippen LogP contribution in [0.5, 0.6) is 0 Å². The molecule has 4 rings (SSSR count). The third-order valence-corrected chi connectivity index (χ3v) is 9.70. The van der Waals surface area contributed by atoms with E-state index in [2.05, 4.69) is 37.9 Å². The second-order valence-electron chi connectivity index (χ2n) is 10.7. The number of alkyl carbamates (subject to hydrolysis) is 1. The number of hydrogen-bond acceptors (Lipinski definition) is 4. The molecule has 5 heteroatoms. The first-order chi connectivity index (χ1) is 13.7. The maximum Gasteiger partial charge on any atom is 0.407 e. The van der Waals surface area contributed by atoms with Gasteiger partial charge in [0.25, 0.3) is 0 Å². The molecule has 0 radical (unpaired) electrons. The van der Waals surface area contributed by atoms with E-state index < -0.39 is 0 Å². The zero-order valence-corrected chi connectivity index (χ0v) is 19.0. The van der Waals surface area contributed by atoms with Gasteiger partial charge in [0.2, 0.25) is 0 Å². The number of rotatable bonds is 3. The summed E-state index contributed by atoms with van der Waals surface area (Å²) in [6, 6.07) is 0.247. The molecular formula is C24H40N2O3. The van der Waals surface area contributed by atoms with Gasteiger partial charge >= 0.3 is 6.09 Å². The molecule has 5 nitrogen and oxygen atoms in total. The first-order valence-corrected chi connectivity index (χ1v) is 11.9. The van der Waals surface area contributed by atoms with Gasteiger partial charge in [-0.1, -0.05) is 6.92 Å². The molecule has 4 fully saturated rings. The summed E-state index contributed by atoms with van der Waals surface area (Å²) in [7, 11) is 0. The molecule has 0 aromatic carbocycles. The second kappa shape index (κ2) is 7.55. The van der Waals surface area contributed by atoms with E-state index in [0.717, 1.165) is 31.2 Å². The molecule has 0 spiro atoms. The van der Waals surface area contributed by atoms with Crippen LogP contribution in [-0.4, -0.2) is 47.6 Å². The summed E-state index contributed by atoms with van der Waals surface area (Å²) in [5.74, 6) is 3.16. The normalized spacial score (nSPS) is 45.7. The van der Waals surface area contributed by atoms with E-state index in [1.54, 1.807) is 0 Å². The largest absolute Gasteiger partial charge is 0.450 e. The lowest BCUT2D eigenvalue weighted by Gasteiger charge is -2.62. The molecule has 2 aliphatic heterocycles. The standard InChI is InChI=1S/C24H40N2O3/c1-6-29-22(28)25-15(2)18-7-8-19-17-11-14-26-16(3)21(27)10-13-24(26,5)20(17)9-12-23(18,19)4/h15-20H,6-14H2,1-5H3,(H,25,28)/t15?,16?,17-,18+,19-,20-,23+,24+/m0/s1. The van der Waals surface area contributed by atoms with Crippen molar-refractivity contribution < 1.29 is 14.3 Å². The number of fused-ring (bicyclic) bond motifs is 5. The van der Waals surface area contributed by atoms with E-state index >= 15 is 0 Å². The van der Waals surface area contributed by atoms with Gasteiger partial charge in [0.05, 0.1) is 12.6 Å². The monoisotopic (exact) mass is 404 g/mol. The highest BCUT2D eigenvalue weighted by Gasteiger charge is 2.61. The van der Waals surface area contributed by atoms with Crippen LogP contribution in [0.2, 0.25) is 0 Å². The zero-order chi connectivity index (χ0) is 21.0. The van der Waals surface area contributed by atoms with E-state index in [-0.39, 0.29) is 23.7 Å². The smallest absolute Gasteiger partial charge is 0.407 e. The van der Waals surface area contributed by atoms with Crippen molar-refractivity contribution in [2.45, 2.75) is 97.2 Å². The number of ketones is 1. The first kappa shape index (κ1) is 21.1. The number of carbonyl (C=O) groups is 2. The maximum absolute atomic E-state index is 12.4. The van der Waals surface area contributed by atoms with Crippen molar-refractivity contribution in [3.8, 4) is 0 Å². The van der Waals surface area contributed by atoms with Gasteiger partial charge in [-0.2, -0.15) is 0 Å². The van der Waals surface area contributed by atoms with Crippen LogP contribution >= 0.6 is 0 Å². The molecule has 0 aromatic rings. The van der Waals surface area contributed by atoms with E-state index in [0.29, 0.717) is 29.6 Å². The number of ether oxygens (including phenoxy) is 1. The van der Waals surface area contributed by atoms with Crippen LogP contribution in [0.25, 0.3) is 0 Å². The number of Topliss-reactive ketones (excluding diaryl/α,β-unsaturated/α-hetero) is 1. The fourth-order valence-corrected chi connectivity index (χ4v) is 8.26. The number of carbonyl (C=O) groups excluding carboxylic acids is 2. The summed E-state index contributed by atoms with van der Waals surface area (Å²) in [5, 5.41) is 3.11. The third-order valence-electron chi connectivity index (χ3n) is 9.70. The number of piperidine rings is 2. The first-order valence-electron chi connectivity index (χ1n) is 11.9. The Morgan fingerprint density at radius 3 is 2.69 bits per heavy atom. The van der Waals surface area contributed by atoms with Gasteiger partial charge in [-0.3, -0.25) is 9.69 Å². The Morgan fingerprint density at radius 1 is 1.21 bits per heavy atom. The Morgan fingerprint density at radius 2 is 1.97 bits per heavy atom. The molecule has 2 saturated carbocycles. The molecule has 4 aliphatic rings. The van der Waals surface area contributed by atoms with Gasteiger partial charge < -0.3 is 10.1 Å². The Balaban J connectivity index is 1.52. The van der Waals surface area contributed by atoms with Crippen LogP contribution in [0.15, 0.2) is 0 Å². The predicted octanol–water partition coefficient (Wildman–Crippen LogP) is 4.40. The second-order valence-corrected chi connectivity index (χ2v) is 10.7. The Kier molecular flexibility index (Phi) is 5.50. The highest BCUT2D eigenvalue weighted by molar-refractivity contribution is 5.84. The average Bonchev–Trinajstić information content (AvgIpc) is 3.02. The lowest BCUT2D eigenvalue weighted by Crippen LogP contribution is -2.67. The van der Waals surface area contributed by atoms with Crippen molar-refractivity contribution in [2.24, 2.45) is 29.1 Å². The molecule has 8 atom stereocenters. The zero-order valence-electron chi connectivity index (χ0n) is 19.0. The summed E-state index contributed by atoms with van der Waals surface area (Å²) in [6.07, 6.45) is 7.72. The quantitative estimate of drug-likeness (QED) is 0.758. The van der Waals surface area contributed by atoms with Crippen LogP contribution in [0, 0.1) is 29.1 Å². The third kappa shape index (κ3) is 3.23. The van der Waals surface area contributed by atoms with Crippen molar-refractivity contribution in [3.05, 3.63) is 0 Å². The predicted molar refractivity (Wildman–Crippen MR) is 114 cm³/mol. The molecule has 1 amide bonds. The summed E-state index contributed by atoms with van der Waals surface area (Å²) < 4.78 is 5.13. The van der Waals surface area contributed by atoms with Crippen molar-refractivity contribution >= 4 is 11.9 Å². The van der Waals surface area contributed by atoms with Crippen molar-refractivity contribution in [1.82, 2.24) is 10.2 Å². The lowest BCUT2D eigenvalue weighted by atomic mass is 9.51. The molecule has 0 aromatic heterocycles. The highest BCUT2D eigenvalue weighted by atomic mass is 16.5. The van der Waals surface area contributed by atoms with E-state index in [1.807, 2.05) is 6.92 Å². The van der Waals surface area contributed by atoms with Gasteiger partial charge in [0.1, 0.15) is 5.78 Å². The molecule has 2 unspecified atom stereocenters. The summed E-state index contributed by atoms with van der Waals surface area (Å²) in [4.78, 5) is 26.9. The highest BCUT2D eigenvalue weighted by Crippen LogP contribution is 2.64. The van der Waals surface area contributed by atoms with Crippen molar-refractivity contribution in [2.75, 3.05) is 13.2 Å². The molecule has 164 valence electrons. The molecule has 1 N–H and O–H groups in total. The minimum Gasteiger partial charge on any atom is -0.450 e. The lowest BCUT2D eigenvalue weighted by molar-refractivity contribution is -0.154. The van der Waals surface area contributed by atoms with Crippen LogP contribution in [0.1, 0.15) is 79.6 Å². The number of hydrogen-bond donors (Lipinski definition) is 1. The summed E-state index contributed by atoms with van der Waals surface area (Å²) >= 11 is 0. The summed E-state index contributed by atoms with van der Waals surface area (Å²) in [5.41, 5.74) is 0.485. The molecule has 2 heterocycles. The van der Waals surface area contributed by atoms with Crippen LogP contribution in [0.4, 0.5) is 4.79 Å². The van der Waals surface area contributed by atoms with Crippen molar-refractivity contribution in [1.29, 1.82) is 0 Å². The van der Waals surface area contributed by atoms with Crippen LogP contribution < -0.4 is 5.32 Å². The molecular weight excluding hydrogens is 364 g/mol. The number of nitrogens with zero attached hydrogens (tertiary/aromatic N) is 1. The molecule has 29 heavy (non-hydrogen) atoms. The molecule has 2 saturated heterocycles. The Hall–Kier alpha value is -1.10. The number of nitrogens with one attached hydrogen (secondary N) is 1. The molecule has 2 aliphatic carbocycles. The fraction of sp³-hybridized carbons (Fsp3) is 0.917. The SMILES string of the molecule is CCOC(=O)NC(C)[C@H]1CC[C@H]2[C@@H]3CCN4C(C)C(=O)CC[C@]4(C)[C@H]3CC[C@]12C. The number of amides is 1. The Labute approximate surface area is 176 Å². The van der Waals surface area contributed by atoms with Crippen LogP contribution in [0.3, 0.4) is 0 Å². The summed E-state index contributed by atoms with van der Waals surface area (Å²) in [6.45, 7) is 12.6. The molecule has 0 bridgehead atoms. The topological polar surface area (TPSA) is 58.6 Å².